The molecule has 0 saturated heterocycles. The highest BCUT2D eigenvalue weighted by Crippen LogP contribution is 2.28. The summed E-state index contributed by atoms with van der Waals surface area (Å²) < 4.78 is 0. The third-order valence-corrected chi connectivity index (χ3v) is 4.19. The fraction of sp³-hybridized carbons (Fsp3) is 0.647. The SMILES string of the molecule is CC(C)(C)c1ccc(CC2CCCCC2O)cc1. The molecule has 18 heavy (non-hydrogen) atoms. The Hall–Kier alpha value is -0.820. The quantitative estimate of drug-likeness (QED) is 0.833. The lowest BCUT2D eigenvalue weighted by Crippen LogP contribution is -2.26. The molecule has 1 heteroatoms. The van der Waals surface area contributed by atoms with Crippen molar-refractivity contribution in [3.63, 3.8) is 0 Å². The van der Waals surface area contributed by atoms with Crippen LogP contribution in [0.3, 0.4) is 0 Å². The van der Waals surface area contributed by atoms with Gasteiger partial charge >= 0.3 is 0 Å². The van der Waals surface area contributed by atoms with Crippen molar-refractivity contribution in [3.05, 3.63) is 35.4 Å². The van der Waals surface area contributed by atoms with Gasteiger partial charge in [0.05, 0.1) is 6.10 Å². The molecule has 0 bridgehead atoms. The maximum absolute atomic E-state index is 10.0. The van der Waals surface area contributed by atoms with E-state index in [1.54, 1.807) is 0 Å². The van der Waals surface area contributed by atoms with Crippen LogP contribution in [0.15, 0.2) is 24.3 Å². The van der Waals surface area contributed by atoms with E-state index in [0.717, 1.165) is 12.8 Å². The molecule has 0 amide bonds. The van der Waals surface area contributed by atoms with Crippen LogP contribution in [0.25, 0.3) is 0 Å². The maximum Gasteiger partial charge on any atom is 0.0571 e. The summed E-state index contributed by atoms with van der Waals surface area (Å²) >= 11 is 0. The Morgan fingerprint density at radius 1 is 1.06 bits per heavy atom. The van der Waals surface area contributed by atoms with E-state index in [0.29, 0.717) is 5.92 Å². The first-order chi connectivity index (χ1) is 8.47. The summed E-state index contributed by atoms with van der Waals surface area (Å²) in [5.74, 6) is 0.472. The Balaban J connectivity index is 2.02. The summed E-state index contributed by atoms with van der Waals surface area (Å²) in [4.78, 5) is 0. The van der Waals surface area contributed by atoms with Crippen molar-refractivity contribution in [3.8, 4) is 0 Å². The Bertz CT molecular complexity index is 372. The Morgan fingerprint density at radius 2 is 1.67 bits per heavy atom. The molecule has 2 atom stereocenters. The topological polar surface area (TPSA) is 20.2 Å². The highest BCUT2D eigenvalue weighted by molar-refractivity contribution is 5.27. The highest BCUT2D eigenvalue weighted by atomic mass is 16.3. The second-order valence-corrected chi connectivity index (χ2v) is 6.76. The average Bonchev–Trinajstić information content (AvgIpc) is 2.32. The fourth-order valence-corrected chi connectivity index (χ4v) is 2.87. The average molecular weight is 246 g/mol. The zero-order valence-electron chi connectivity index (χ0n) is 11.9. The predicted molar refractivity (Wildman–Crippen MR) is 76.8 cm³/mol. The number of benzene rings is 1. The first-order valence-corrected chi connectivity index (χ1v) is 7.24. The molecule has 1 fully saturated rings. The lowest BCUT2D eigenvalue weighted by molar-refractivity contribution is 0.0700. The van der Waals surface area contributed by atoms with Crippen molar-refractivity contribution in [2.24, 2.45) is 5.92 Å². The van der Waals surface area contributed by atoms with Gasteiger partial charge in [0.15, 0.2) is 0 Å². The molecule has 1 aromatic carbocycles. The molecule has 1 N–H and O–H groups in total. The van der Waals surface area contributed by atoms with E-state index >= 15 is 0 Å². The van der Waals surface area contributed by atoms with Gasteiger partial charge in [-0.25, -0.2) is 0 Å². The smallest absolute Gasteiger partial charge is 0.0571 e. The van der Waals surface area contributed by atoms with Crippen LogP contribution < -0.4 is 0 Å². The van der Waals surface area contributed by atoms with E-state index in [-0.39, 0.29) is 11.5 Å². The molecule has 0 radical (unpaired) electrons. The molecule has 100 valence electrons. The van der Waals surface area contributed by atoms with Gasteiger partial charge in [-0.3, -0.25) is 0 Å². The van der Waals surface area contributed by atoms with Crippen LogP contribution in [0.5, 0.6) is 0 Å². The summed E-state index contributed by atoms with van der Waals surface area (Å²) in [5, 5.41) is 10.0. The molecule has 0 aromatic heterocycles. The number of rotatable bonds is 2. The first-order valence-electron chi connectivity index (χ1n) is 7.24. The summed E-state index contributed by atoms with van der Waals surface area (Å²) in [6.45, 7) is 6.73. The van der Waals surface area contributed by atoms with Crippen LogP contribution in [0.1, 0.15) is 57.6 Å². The summed E-state index contributed by atoms with van der Waals surface area (Å²) in [6, 6.07) is 8.96. The molecular weight excluding hydrogens is 220 g/mol. The Labute approximate surface area is 111 Å². The summed E-state index contributed by atoms with van der Waals surface area (Å²) in [6.07, 6.45) is 5.60. The third kappa shape index (κ3) is 3.35. The largest absolute Gasteiger partial charge is 0.393 e. The van der Waals surface area contributed by atoms with E-state index in [4.69, 9.17) is 0 Å². The lowest BCUT2D eigenvalue weighted by Gasteiger charge is -2.28. The standard InChI is InChI=1S/C17H26O/c1-17(2,3)15-10-8-13(9-11-15)12-14-6-4-5-7-16(14)18/h8-11,14,16,18H,4-7,12H2,1-3H3. The fourth-order valence-electron chi connectivity index (χ4n) is 2.87. The van der Waals surface area contributed by atoms with Gasteiger partial charge in [-0.1, -0.05) is 57.9 Å². The van der Waals surface area contributed by atoms with Crippen LogP contribution in [0.2, 0.25) is 0 Å². The maximum atomic E-state index is 10.0. The normalized spacial score (nSPS) is 25.1. The number of hydrogen-bond acceptors (Lipinski definition) is 1. The van der Waals surface area contributed by atoms with E-state index in [9.17, 15) is 5.11 Å². The molecule has 1 saturated carbocycles. The zero-order valence-corrected chi connectivity index (χ0v) is 11.9. The minimum Gasteiger partial charge on any atom is -0.393 e. The van der Waals surface area contributed by atoms with Crippen LogP contribution in [0.4, 0.5) is 0 Å². The van der Waals surface area contributed by atoms with Gasteiger partial charge in [0.1, 0.15) is 0 Å². The van der Waals surface area contributed by atoms with Crippen molar-refractivity contribution < 1.29 is 5.11 Å². The van der Waals surface area contributed by atoms with Gasteiger partial charge in [-0.2, -0.15) is 0 Å². The molecule has 0 aliphatic heterocycles. The van der Waals surface area contributed by atoms with Crippen LogP contribution >= 0.6 is 0 Å². The van der Waals surface area contributed by atoms with Gasteiger partial charge < -0.3 is 5.11 Å². The van der Waals surface area contributed by atoms with Gasteiger partial charge in [-0.05, 0) is 41.7 Å². The molecule has 0 spiro atoms. The second-order valence-electron chi connectivity index (χ2n) is 6.76. The molecule has 1 aliphatic rings. The van der Waals surface area contributed by atoms with Gasteiger partial charge in [-0.15, -0.1) is 0 Å². The molecular formula is C17H26O. The summed E-state index contributed by atoms with van der Waals surface area (Å²) in [7, 11) is 0. The van der Waals surface area contributed by atoms with Crippen molar-refractivity contribution in [2.75, 3.05) is 0 Å². The van der Waals surface area contributed by atoms with Crippen LogP contribution in [-0.4, -0.2) is 11.2 Å². The van der Waals surface area contributed by atoms with Crippen molar-refractivity contribution in [2.45, 2.75) is 64.4 Å². The van der Waals surface area contributed by atoms with Crippen LogP contribution in [-0.2, 0) is 11.8 Å². The van der Waals surface area contributed by atoms with Crippen molar-refractivity contribution in [1.29, 1.82) is 0 Å². The monoisotopic (exact) mass is 246 g/mol. The minimum absolute atomic E-state index is 0.0824. The second kappa shape index (κ2) is 5.44. The van der Waals surface area contributed by atoms with Crippen LogP contribution in [0, 0.1) is 5.92 Å². The van der Waals surface area contributed by atoms with E-state index in [1.165, 1.54) is 30.4 Å². The molecule has 2 rings (SSSR count). The highest BCUT2D eigenvalue weighted by Gasteiger charge is 2.23. The minimum atomic E-state index is -0.0824. The predicted octanol–water partition coefficient (Wildman–Crippen LogP) is 4.08. The summed E-state index contributed by atoms with van der Waals surface area (Å²) in [5.41, 5.74) is 2.98. The molecule has 1 aliphatic carbocycles. The van der Waals surface area contributed by atoms with E-state index < -0.39 is 0 Å². The molecule has 0 heterocycles. The number of aliphatic hydroxyl groups excluding tert-OH is 1. The van der Waals surface area contributed by atoms with Crippen molar-refractivity contribution in [1.82, 2.24) is 0 Å². The molecule has 1 nitrogen and oxygen atoms in total. The van der Waals surface area contributed by atoms with E-state index in [2.05, 4.69) is 45.0 Å². The number of aliphatic hydroxyl groups is 1. The number of hydrogen-bond donors (Lipinski definition) is 1. The van der Waals surface area contributed by atoms with Gasteiger partial charge in [0.2, 0.25) is 0 Å². The zero-order chi connectivity index (χ0) is 13.2. The Kier molecular flexibility index (Phi) is 4.11. The first kappa shape index (κ1) is 13.6. The molecule has 1 aromatic rings. The molecule has 2 unspecified atom stereocenters. The Morgan fingerprint density at radius 3 is 2.22 bits per heavy atom. The van der Waals surface area contributed by atoms with Gasteiger partial charge in [0.25, 0.3) is 0 Å². The van der Waals surface area contributed by atoms with Gasteiger partial charge in [0, 0.05) is 0 Å². The third-order valence-electron chi connectivity index (χ3n) is 4.19. The lowest BCUT2D eigenvalue weighted by atomic mass is 9.81. The van der Waals surface area contributed by atoms with Crippen molar-refractivity contribution >= 4 is 0 Å². The van der Waals surface area contributed by atoms with E-state index in [1.807, 2.05) is 0 Å².